The van der Waals surface area contributed by atoms with Gasteiger partial charge < -0.3 is 5.32 Å². The van der Waals surface area contributed by atoms with Gasteiger partial charge >= 0.3 is 6.18 Å². The number of benzene rings is 1. The van der Waals surface area contributed by atoms with Gasteiger partial charge in [-0.3, -0.25) is 0 Å². The van der Waals surface area contributed by atoms with Gasteiger partial charge in [-0.05, 0) is 34.1 Å². The van der Waals surface area contributed by atoms with Crippen LogP contribution in [0.1, 0.15) is 0 Å². The van der Waals surface area contributed by atoms with E-state index in [2.05, 4.69) is 21.2 Å². The molecule has 0 amide bonds. The van der Waals surface area contributed by atoms with Gasteiger partial charge in [0.1, 0.15) is 6.54 Å². The van der Waals surface area contributed by atoms with Gasteiger partial charge in [0.15, 0.2) is 0 Å². The Balaban J connectivity index is 2.72. The van der Waals surface area contributed by atoms with Crippen molar-refractivity contribution < 1.29 is 13.2 Å². The summed E-state index contributed by atoms with van der Waals surface area (Å²) in [6.07, 6.45) is -4.23. The lowest BCUT2D eigenvalue weighted by atomic mass is 10.3. The molecule has 1 aromatic rings. The van der Waals surface area contributed by atoms with Crippen molar-refractivity contribution in [2.45, 2.75) is 6.18 Å². The SMILES string of the molecule is FC(F)(F)CNc1cc(Cl)ccc1Br. The lowest BCUT2D eigenvalue weighted by Gasteiger charge is -2.11. The van der Waals surface area contributed by atoms with Gasteiger partial charge in [0.2, 0.25) is 0 Å². The number of nitrogens with one attached hydrogen (secondary N) is 1. The minimum Gasteiger partial charge on any atom is -0.376 e. The van der Waals surface area contributed by atoms with Gasteiger partial charge in [-0.25, -0.2) is 0 Å². The van der Waals surface area contributed by atoms with E-state index < -0.39 is 12.7 Å². The van der Waals surface area contributed by atoms with Gasteiger partial charge in [0.25, 0.3) is 0 Å². The van der Waals surface area contributed by atoms with E-state index in [4.69, 9.17) is 11.6 Å². The standard InChI is InChI=1S/C8H6BrClF3N/c9-6-2-1-5(10)3-7(6)14-4-8(11,12)13/h1-3,14H,4H2. The molecule has 0 spiro atoms. The average Bonchev–Trinajstić information content (AvgIpc) is 2.05. The topological polar surface area (TPSA) is 12.0 Å². The average molecular weight is 288 g/mol. The molecule has 0 fully saturated rings. The molecule has 0 aromatic heterocycles. The normalized spacial score (nSPS) is 11.5. The predicted molar refractivity (Wildman–Crippen MR) is 53.7 cm³/mol. The summed E-state index contributed by atoms with van der Waals surface area (Å²) in [4.78, 5) is 0. The molecule has 0 aliphatic heterocycles. The molecule has 0 aliphatic rings. The van der Waals surface area contributed by atoms with Crippen LogP contribution in [-0.2, 0) is 0 Å². The summed E-state index contributed by atoms with van der Waals surface area (Å²) in [5.74, 6) is 0. The monoisotopic (exact) mass is 287 g/mol. The number of rotatable bonds is 2. The highest BCUT2D eigenvalue weighted by Crippen LogP contribution is 2.27. The molecule has 0 unspecified atom stereocenters. The van der Waals surface area contributed by atoms with Gasteiger partial charge in [-0.15, -0.1) is 0 Å². The number of anilines is 1. The molecule has 0 saturated heterocycles. The number of hydrogen-bond donors (Lipinski definition) is 1. The molecule has 0 bridgehead atoms. The van der Waals surface area contributed by atoms with Crippen LogP contribution in [0.4, 0.5) is 18.9 Å². The van der Waals surface area contributed by atoms with Gasteiger partial charge in [0.05, 0.1) is 5.69 Å². The summed E-state index contributed by atoms with van der Waals surface area (Å²) in [5, 5.41) is 2.62. The first-order chi connectivity index (χ1) is 6.38. The van der Waals surface area contributed by atoms with Crippen LogP contribution in [0.2, 0.25) is 5.02 Å². The zero-order valence-electron chi connectivity index (χ0n) is 6.83. The zero-order chi connectivity index (χ0) is 10.8. The fourth-order valence-electron chi connectivity index (χ4n) is 0.828. The van der Waals surface area contributed by atoms with Crippen LogP contribution < -0.4 is 5.32 Å². The second-order valence-electron chi connectivity index (χ2n) is 2.59. The Morgan fingerprint density at radius 2 is 2.00 bits per heavy atom. The Bertz CT molecular complexity index is 327. The predicted octanol–water partition coefficient (Wildman–Crippen LogP) is 4.08. The third-order valence-corrected chi connectivity index (χ3v) is 2.33. The summed E-state index contributed by atoms with van der Waals surface area (Å²) < 4.78 is 36.1. The molecule has 0 atom stereocenters. The molecule has 0 saturated carbocycles. The quantitative estimate of drug-likeness (QED) is 0.865. The first kappa shape index (κ1) is 11.7. The van der Waals surface area contributed by atoms with Crippen LogP contribution in [0.15, 0.2) is 22.7 Å². The highest BCUT2D eigenvalue weighted by Gasteiger charge is 2.26. The molecule has 1 nitrogen and oxygen atoms in total. The molecule has 0 heterocycles. The van der Waals surface area contributed by atoms with Crippen LogP contribution in [0.3, 0.4) is 0 Å². The highest BCUT2D eigenvalue weighted by molar-refractivity contribution is 9.10. The first-order valence-corrected chi connectivity index (χ1v) is 4.81. The second kappa shape index (κ2) is 4.40. The van der Waals surface area contributed by atoms with Crippen LogP contribution in [-0.4, -0.2) is 12.7 Å². The molecule has 0 radical (unpaired) electrons. The maximum absolute atomic E-state index is 11.9. The molecule has 1 N–H and O–H groups in total. The summed E-state index contributed by atoms with van der Waals surface area (Å²) in [6, 6.07) is 4.60. The minimum absolute atomic E-state index is 0.329. The summed E-state index contributed by atoms with van der Waals surface area (Å²) in [6.45, 7) is -1.08. The fraction of sp³-hybridized carbons (Fsp3) is 0.250. The van der Waals surface area contributed by atoms with Crippen LogP contribution in [0, 0.1) is 0 Å². The van der Waals surface area contributed by atoms with Crippen molar-refractivity contribution in [3.8, 4) is 0 Å². The maximum atomic E-state index is 11.9. The lowest BCUT2D eigenvalue weighted by Crippen LogP contribution is -2.21. The summed E-state index contributed by atoms with van der Waals surface area (Å²) in [7, 11) is 0. The van der Waals surface area contributed by atoms with Gasteiger partial charge in [-0.1, -0.05) is 11.6 Å². The van der Waals surface area contributed by atoms with E-state index in [1.54, 1.807) is 12.1 Å². The van der Waals surface area contributed by atoms with E-state index in [1.807, 2.05) is 0 Å². The third kappa shape index (κ3) is 3.75. The largest absolute Gasteiger partial charge is 0.405 e. The molecule has 14 heavy (non-hydrogen) atoms. The van der Waals surface area contributed by atoms with E-state index >= 15 is 0 Å². The Morgan fingerprint density at radius 3 is 2.57 bits per heavy atom. The Labute approximate surface area is 92.4 Å². The summed E-state index contributed by atoms with van der Waals surface area (Å²) >= 11 is 8.73. The zero-order valence-corrected chi connectivity index (χ0v) is 9.17. The van der Waals surface area contributed by atoms with Crippen LogP contribution in [0.5, 0.6) is 0 Å². The molecule has 0 aliphatic carbocycles. The van der Waals surface area contributed by atoms with Crippen molar-refractivity contribution in [1.29, 1.82) is 0 Å². The molecular weight excluding hydrogens is 282 g/mol. The summed E-state index contributed by atoms with van der Waals surface area (Å²) in [5.41, 5.74) is 0.329. The van der Waals surface area contributed by atoms with Crippen molar-refractivity contribution in [1.82, 2.24) is 0 Å². The maximum Gasteiger partial charge on any atom is 0.405 e. The smallest absolute Gasteiger partial charge is 0.376 e. The molecule has 1 aromatic carbocycles. The van der Waals surface area contributed by atoms with Crippen molar-refractivity contribution in [2.75, 3.05) is 11.9 Å². The number of alkyl halides is 3. The Hall–Kier alpha value is -0.420. The molecule has 6 heteroatoms. The van der Waals surface area contributed by atoms with Crippen LogP contribution >= 0.6 is 27.5 Å². The third-order valence-electron chi connectivity index (χ3n) is 1.41. The highest BCUT2D eigenvalue weighted by atomic mass is 79.9. The Kier molecular flexibility index (Phi) is 3.66. The number of hydrogen-bond acceptors (Lipinski definition) is 1. The second-order valence-corrected chi connectivity index (χ2v) is 3.88. The van der Waals surface area contributed by atoms with E-state index in [0.29, 0.717) is 15.2 Å². The van der Waals surface area contributed by atoms with E-state index in [0.717, 1.165) is 0 Å². The van der Waals surface area contributed by atoms with Gasteiger partial charge in [-0.2, -0.15) is 13.2 Å². The number of halogens is 5. The van der Waals surface area contributed by atoms with E-state index in [-0.39, 0.29) is 0 Å². The van der Waals surface area contributed by atoms with Crippen LogP contribution in [0.25, 0.3) is 0 Å². The van der Waals surface area contributed by atoms with E-state index in [1.165, 1.54) is 6.07 Å². The fourth-order valence-corrected chi connectivity index (χ4v) is 1.39. The minimum atomic E-state index is -4.23. The Morgan fingerprint density at radius 1 is 1.36 bits per heavy atom. The lowest BCUT2D eigenvalue weighted by molar-refractivity contribution is -0.115. The van der Waals surface area contributed by atoms with Crippen molar-refractivity contribution >= 4 is 33.2 Å². The molecule has 78 valence electrons. The van der Waals surface area contributed by atoms with E-state index in [9.17, 15) is 13.2 Å². The van der Waals surface area contributed by atoms with Crippen molar-refractivity contribution in [3.63, 3.8) is 0 Å². The first-order valence-electron chi connectivity index (χ1n) is 3.64. The van der Waals surface area contributed by atoms with Crippen molar-refractivity contribution in [2.24, 2.45) is 0 Å². The molecular formula is C8H6BrClF3N. The van der Waals surface area contributed by atoms with Crippen molar-refractivity contribution in [3.05, 3.63) is 27.7 Å². The van der Waals surface area contributed by atoms with Gasteiger partial charge in [0, 0.05) is 9.50 Å². The molecule has 1 rings (SSSR count).